The Morgan fingerprint density at radius 2 is 2.05 bits per heavy atom. The maximum Gasteiger partial charge on any atom is 0.337 e. The number of carbonyl (C=O) groups excluding carboxylic acids is 1. The number of benzene rings is 1. The molecule has 1 rings (SSSR count). The third-order valence-corrected chi connectivity index (χ3v) is 3.53. The fourth-order valence-corrected chi connectivity index (χ4v) is 2.07. The number of nitrogens with one attached hydrogen (secondary N) is 1. The lowest BCUT2D eigenvalue weighted by atomic mass is 9.97. The Hall–Kier alpha value is -1.51. The molecule has 0 aliphatic heterocycles. The molecule has 0 amide bonds. The normalized spacial score (nSPS) is 13.7. The predicted octanol–water partition coefficient (Wildman–Crippen LogP) is 4.10. The zero-order chi connectivity index (χ0) is 14.3. The molecule has 0 radical (unpaired) electrons. The molecule has 0 aliphatic carbocycles. The molecule has 0 heterocycles. The minimum absolute atomic E-state index is 0.293. The van der Waals surface area contributed by atoms with E-state index in [1.54, 1.807) is 6.07 Å². The predicted molar refractivity (Wildman–Crippen MR) is 79.6 cm³/mol. The van der Waals surface area contributed by atoms with Crippen LogP contribution >= 0.6 is 0 Å². The fourth-order valence-electron chi connectivity index (χ4n) is 2.07. The van der Waals surface area contributed by atoms with Crippen molar-refractivity contribution in [3.05, 3.63) is 29.8 Å². The summed E-state index contributed by atoms with van der Waals surface area (Å²) < 4.78 is 4.74. The second-order valence-corrected chi connectivity index (χ2v) is 5.07. The van der Waals surface area contributed by atoms with Crippen LogP contribution in [-0.4, -0.2) is 19.1 Å². The molecule has 3 nitrogen and oxygen atoms in total. The van der Waals surface area contributed by atoms with Crippen molar-refractivity contribution >= 4 is 11.7 Å². The fraction of sp³-hybridized carbons (Fsp3) is 0.562. The van der Waals surface area contributed by atoms with E-state index in [0.29, 0.717) is 17.5 Å². The Kier molecular flexibility index (Phi) is 6.40. The highest BCUT2D eigenvalue weighted by molar-refractivity contribution is 5.90. The molecule has 3 heteroatoms. The summed E-state index contributed by atoms with van der Waals surface area (Å²) in [5, 5.41) is 3.51. The lowest BCUT2D eigenvalue weighted by Gasteiger charge is -2.21. The maximum absolute atomic E-state index is 11.5. The van der Waals surface area contributed by atoms with E-state index < -0.39 is 0 Å². The van der Waals surface area contributed by atoms with Gasteiger partial charge in [-0.15, -0.1) is 0 Å². The van der Waals surface area contributed by atoms with Crippen LogP contribution in [0.25, 0.3) is 0 Å². The number of ether oxygens (including phenoxy) is 1. The van der Waals surface area contributed by atoms with E-state index in [1.807, 2.05) is 18.2 Å². The Morgan fingerprint density at radius 1 is 1.32 bits per heavy atom. The molecule has 0 spiro atoms. The molecular formula is C16H25NO2. The number of esters is 1. The zero-order valence-electron chi connectivity index (χ0n) is 12.4. The first kappa shape index (κ1) is 15.5. The molecule has 1 N–H and O–H groups in total. The smallest absolute Gasteiger partial charge is 0.337 e. The molecule has 1 aromatic rings. The Balaban J connectivity index is 2.71. The van der Waals surface area contributed by atoms with Gasteiger partial charge in [0.05, 0.1) is 12.7 Å². The average Bonchev–Trinajstić information content (AvgIpc) is 2.45. The van der Waals surface area contributed by atoms with Crippen LogP contribution in [-0.2, 0) is 4.74 Å². The van der Waals surface area contributed by atoms with Gasteiger partial charge in [-0.05, 0) is 37.0 Å². The highest BCUT2D eigenvalue weighted by Gasteiger charge is 2.11. The van der Waals surface area contributed by atoms with Gasteiger partial charge in [0.15, 0.2) is 0 Å². The molecule has 0 saturated carbocycles. The summed E-state index contributed by atoms with van der Waals surface area (Å²) in [5.41, 5.74) is 1.57. The van der Waals surface area contributed by atoms with Gasteiger partial charge in [-0.2, -0.15) is 0 Å². The van der Waals surface area contributed by atoms with E-state index in [9.17, 15) is 4.79 Å². The molecule has 2 atom stereocenters. The van der Waals surface area contributed by atoms with Gasteiger partial charge < -0.3 is 10.1 Å². The largest absolute Gasteiger partial charge is 0.465 e. The van der Waals surface area contributed by atoms with Crippen molar-refractivity contribution < 1.29 is 9.53 Å². The Morgan fingerprint density at radius 3 is 2.63 bits per heavy atom. The summed E-state index contributed by atoms with van der Waals surface area (Å²) in [6.07, 6.45) is 3.42. The van der Waals surface area contributed by atoms with Crippen molar-refractivity contribution in [2.45, 2.75) is 46.1 Å². The van der Waals surface area contributed by atoms with Crippen LogP contribution in [0.2, 0.25) is 0 Å². The van der Waals surface area contributed by atoms with E-state index in [2.05, 4.69) is 26.1 Å². The van der Waals surface area contributed by atoms with Crippen LogP contribution in [0.15, 0.2) is 24.3 Å². The van der Waals surface area contributed by atoms with Gasteiger partial charge in [0, 0.05) is 11.7 Å². The molecule has 0 bridgehead atoms. The molecule has 0 fully saturated rings. The first-order chi connectivity index (χ1) is 9.10. The lowest BCUT2D eigenvalue weighted by molar-refractivity contribution is 0.0601. The number of hydrogen-bond donors (Lipinski definition) is 1. The monoisotopic (exact) mass is 263 g/mol. The van der Waals surface area contributed by atoms with Crippen molar-refractivity contribution in [1.29, 1.82) is 0 Å². The number of rotatable bonds is 7. The summed E-state index contributed by atoms with van der Waals surface area (Å²) in [7, 11) is 1.40. The highest BCUT2D eigenvalue weighted by Crippen LogP contribution is 2.18. The zero-order valence-corrected chi connectivity index (χ0v) is 12.4. The summed E-state index contributed by atoms with van der Waals surface area (Å²) in [5.74, 6) is 0.417. The van der Waals surface area contributed by atoms with Crippen LogP contribution in [0.1, 0.15) is 50.4 Å². The topological polar surface area (TPSA) is 38.3 Å². The standard InChI is InChI=1S/C16H25NO2/c1-5-12(3)10-14(6-2)17-15-9-7-8-13(11-15)16(18)19-4/h7-9,11-12,14,17H,5-6,10H2,1-4H3. The molecule has 0 aliphatic rings. The molecule has 0 aromatic heterocycles. The SMILES string of the molecule is CCC(C)CC(CC)Nc1cccc(C(=O)OC)c1. The van der Waals surface area contributed by atoms with E-state index >= 15 is 0 Å². The summed E-state index contributed by atoms with van der Waals surface area (Å²) in [4.78, 5) is 11.5. The van der Waals surface area contributed by atoms with Crippen LogP contribution in [0, 0.1) is 5.92 Å². The van der Waals surface area contributed by atoms with E-state index in [-0.39, 0.29) is 5.97 Å². The van der Waals surface area contributed by atoms with Crippen molar-refractivity contribution in [1.82, 2.24) is 0 Å². The number of methoxy groups -OCH3 is 1. The molecule has 1 aromatic carbocycles. The van der Waals surface area contributed by atoms with Crippen molar-refractivity contribution in [3.8, 4) is 0 Å². The molecule has 106 valence electrons. The second-order valence-electron chi connectivity index (χ2n) is 5.07. The van der Waals surface area contributed by atoms with Crippen LogP contribution in [0.4, 0.5) is 5.69 Å². The van der Waals surface area contributed by atoms with Crippen LogP contribution < -0.4 is 5.32 Å². The quantitative estimate of drug-likeness (QED) is 0.753. The van der Waals surface area contributed by atoms with Crippen LogP contribution in [0.5, 0.6) is 0 Å². The van der Waals surface area contributed by atoms with Gasteiger partial charge in [0.25, 0.3) is 0 Å². The Labute approximate surface area is 116 Å². The highest BCUT2D eigenvalue weighted by atomic mass is 16.5. The average molecular weight is 263 g/mol. The minimum Gasteiger partial charge on any atom is -0.465 e. The number of anilines is 1. The van der Waals surface area contributed by atoms with E-state index in [1.165, 1.54) is 13.5 Å². The van der Waals surface area contributed by atoms with E-state index in [4.69, 9.17) is 4.74 Å². The second kappa shape index (κ2) is 7.82. The van der Waals surface area contributed by atoms with Gasteiger partial charge >= 0.3 is 5.97 Å². The number of carbonyl (C=O) groups is 1. The van der Waals surface area contributed by atoms with Crippen molar-refractivity contribution in [2.24, 2.45) is 5.92 Å². The third kappa shape index (κ3) is 4.93. The maximum atomic E-state index is 11.5. The third-order valence-electron chi connectivity index (χ3n) is 3.53. The first-order valence-electron chi connectivity index (χ1n) is 7.05. The van der Waals surface area contributed by atoms with Gasteiger partial charge in [-0.3, -0.25) is 0 Å². The molecule has 19 heavy (non-hydrogen) atoms. The number of hydrogen-bond acceptors (Lipinski definition) is 3. The molecule has 0 saturated heterocycles. The Bertz CT molecular complexity index is 403. The van der Waals surface area contributed by atoms with Crippen molar-refractivity contribution in [2.75, 3.05) is 12.4 Å². The van der Waals surface area contributed by atoms with Gasteiger partial charge in [0.2, 0.25) is 0 Å². The minimum atomic E-state index is -0.293. The van der Waals surface area contributed by atoms with E-state index in [0.717, 1.165) is 18.5 Å². The molecular weight excluding hydrogens is 238 g/mol. The van der Waals surface area contributed by atoms with Gasteiger partial charge in [-0.25, -0.2) is 4.79 Å². The summed E-state index contributed by atoms with van der Waals surface area (Å²) >= 11 is 0. The summed E-state index contributed by atoms with van der Waals surface area (Å²) in [6, 6.07) is 7.94. The van der Waals surface area contributed by atoms with Crippen LogP contribution in [0.3, 0.4) is 0 Å². The van der Waals surface area contributed by atoms with Crippen molar-refractivity contribution in [3.63, 3.8) is 0 Å². The van der Waals surface area contributed by atoms with Gasteiger partial charge in [0.1, 0.15) is 0 Å². The first-order valence-corrected chi connectivity index (χ1v) is 7.05. The van der Waals surface area contributed by atoms with Gasteiger partial charge in [-0.1, -0.05) is 33.3 Å². The lowest BCUT2D eigenvalue weighted by Crippen LogP contribution is -2.21. The summed E-state index contributed by atoms with van der Waals surface area (Å²) in [6.45, 7) is 6.68. The molecule has 2 unspecified atom stereocenters.